The second-order valence-electron chi connectivity index (χ2n) is 5.01. The topological polar surface area (TPSA) is 23.6 Å². The molecule has 2 rings (SSSR count). The van der Waals surface area contributed by atoms with Crippen molar-refractivity contribution in [2.24, 2.45) is 5.92 Å². The molecule has 0 spiro atoms. The standard InChI is InChI=1S/C12H22N2O/c1-13-6-8-14(9-7-13)10-11-4-2-3-5-12(11)15/h11H,2-10H2,1H3. The Bertz CT molecular complexity index is 222. The van der Waals surface area contributed by atoms with E-state index < -0.39 is 0 Å². The molecule has 1 aliphatic carbocycles. The molecular formula is C12H22N2O. The van der Waals surface area contributed by atoms with Crippen LogP contribution < -0.4 is 0 Å². The van der Waals surface area contributed by atoms with Crippen molar-refractivity contribution in [1.82, 2.24) is 9.80 Å². The lowest BCUT2D eigenvalue weighted by atomic mass is 9.87. The van der Waals surface area contributed by atoms with Gasteiger partial charge in [0.15, 0.2) is 0 Å². The summed E-state index contributed by atoms with van der Waals surface area (Å²) in [5, 5.41) is 0. The highest BCUT2D eigenvalue weighted by Crippen LogP contribution is 2.21. The van der Waals surface area contributed by atoms with E-state index in [0.29, 0.717) is 11.7 Å². The molecule has 2 fully saturated rings. The predicted molar refractivity (Wildman–Crippen MR) is 60.9 cm³/mol. The van der Waals surface area contributed by atoms with Gasteiger partial charge in [-0.25, -0.2) is 0 Å². The molecule has 1 saturated heterocycles. The Morgan fingerprint density at radius 1 is 1.20 bits per heavy atom. The number of carbonyl (C=O) groups excluding carboxylic acids is 1. The van der Waals surface area contributed by atoms with Crippen LogP contribution in [0.4, 0.5) is 0 Å². The van der Waals surface area contributed by atoms with Gasteiger partial charge in [-0.2, -0.15) is 0 Å². The molecule has 0 amide bonds. The smallest absolute Gasteiger partial charge is 0.137 e. The number of Topliss-reactive ketones (excluding diaryl/α,β-unsaturated/α-hetero) is 1. The van der Waals surface area contributed by atoms with Crippen LogP contribution in [0, 0.1) is 5.92 Å². The van der Waals surface area contributed by atoms with E-state index in [-0.39, 0.29) is 0 Å². The first-order valence-electron chi connectivity index (χ1n) is 6.19. The Morgan fingerprint density at radius 2 is 1.93 bits per heavy atom. The molecule has 1 atom stereocenters. The highest BCUT2D eigenvalue weighted by Gasteiger charge is 2.25. The molecule has 1 heterocycles. The predicted octanol–water partition coefficient (Wildman–Crippen LogP) is 0.993. The van der Waals surface area contributed by atoms with Gasteiger partial charge in [-0.05, 0) is 19.9 Å². The van der Waals surface area contributed by atoms with Crippen LogP contribution in [0.15, 0.2) is 0 Å². The molecule has 0 radical (unpaired) electrons. The van der Waals surface area contributed by atoms with Crippen LogP contribution in [-0.2, 0) is 4.79 Å². The number of ketones is 1. The van der Waals surface area contributed by atoms with E-state index in [2.05, 4.69) is 16.8 Å². The molecule has 0 aromatic rings. The van der Waals surface area contributed by atoms with Gasteiger partial charge in [-0.3, -0.25) is 4.79 Å². The highest BCUT2D eigenvalue weighted by atomic mass is 16.1. The number of piperazine rings is 1. The maximum Gasteiger partial charge on any atom is 0.137 e. The quantitative estimate of drug-likeness (QED) is 0.679. The molecule has 0 N–H and O–H groups in total. The maximum absolute atomic E-state index is 11.7. The fourth-order valence-electron chi connectivity index (χ4n) is 2.59. The fourth-order valence-corrected chi connectivity index (χ4v) is 2.59. The number of carbonyl (C=O) groups is 1. The van der Waals surface area contributed by atoms with Gasteiger partial charge < -0.3 is 9.80 Å². The molecule has 3 nitrogen and oxygen atoms in total. The third-order valence-corrected chi connectivity index (χ3v) is 3.76. The second kappa shape index (κ2) is 5.08. The molecule has 3 heteroatoms. The average Bonchev–Trinajstić information content (AvgIpc) is 2.25. The van der Waals surface area contributed by atoms with E-state index in [4.69, 9.17) is 0 Å². The van der Waals surface area contributed by atoms with E-state index in [1.165, 1.54) is 6.42 Å². The number of hydrogen-bond acceptors (Lipinski definition) is 3. The minimum atomic E-state index is 0.349. The van der Waals surface area contributed by atoms with Crippen LogP contribution in [0.5, 0.6) is 0 Å². The summed E-state index contributed by atoms with van der Waals surface area (Å²) in [5.41, 5.74) is 0. The van der Waals surface area contributed by atoms with Gasteiger partial charge in [0.05, 0.1) is 0 Å². The summed E-state index contributed by atoms with van der Waals surface area (Å²) < 4.78 is 0. The van der Waals surface area contributed by atoms with Crippen LogP contribution in [0.25, 0.3) is 0 Å². The van der Waals surface area contributed by atoms with Crippen molar-refractivity contribution in [2.75, 3.05) is 39.8 Å². The van der Waals surface area contributed by atoms with Crippen LogP contribution in [0.2, 0.25) is 0 Å². The summed E-state index contributed by atoms with van der Waals surface area (Å²) in [6, 6.07) is 0. The van der Waals surface area contributed by atoms with Crippen molar-refractivity contribution in [1.29, 1.82) is 0 Å². The zero-order chi connectivity index (χ0) is 10.7. The fraction of sp³-hybridized carbons (Fsp3) is 0.917. The first kappa shape index (κ1) is 11.1. The van der Waals surface area contributed by atoms with Crippen molar-refractivity contribution in [3.63, 3.8) is 0 Å². The normalized spacial score (nSPS) is 30.7. The monoisotopic (exact) mass is 210 g/mol. The average molecular weight is 210 g/mol. The number of rotatable bonds is 2. The van der Waals surface area contributed by atoms with Gasteiger partial charge in [-0.1, -0.05) is 6.42 Å². The van der Waals surface area contributed by atoms with E-state index >= 15 is 0 Å². The van der Waals surface area contributed by atoms with Gasteiger partial charge in [0.2, 0.25) is 0 Å². The van der Waals surface area contributed by atoms with E-state index in [1.54, 1.807) is 0 Å². The Morgan fingerprint density at radius 3 is 2.60 bits per heavy atom. The maximum atomic E-state index is 11.7. The first-order valence-corrected chi connectivity index (χ1v) is 6.19. The minimum Gasteiger partial charge on any atom is -0.304 e. The Balaban J connectivity index is 1.78. The number of likely N-dealkylation sites (N-methyl/N-ethyl adjacent to an activating group) is 1. The first-order chi connectivity index (χ1) is 7.25. The number of nitrogens with zero attached hydrogens (tertiary/aromatic N) is 2. The molecule has 0 aromatic carbocycles. The van der Waals surface area contributed by atoms with Crippen molar-refractivity contribution < 1.29 is 4.79 Å². The van der Waals surface area contributed by atoms with Crippen molar-refractivity contribution in [3.8, 4) is 0 Å². The zero-order valence-electron chi connectivity index (χ0n) is 9.74. The van der Waals surface area contributed by atoms with Gasteiger partial charge in [0.25, 0.3) is 0 Å². The molecule has 1 saturated carbocycles. The van der Waals surface area contributed by atoms with Crippen LogP contribution in [0.3, 0.4) is 0 Å². The summed E-state index contributed by atoms with van der Waals surface area (Å²) in [6.07, 6.45) is 4.34. The van der Waals surface area contributed by atoms with E-state index in [9.17, 15) is 4.79 Å². The lowest BCUT2D eigenvalue weighted by Crippen LogP contribution is -2.47. The number of hydrogen-bond donors (Lipinski definition) is 0. The molecular weight excluding hydrogens is 188 g/mol. The summed E-state index contributed by atoms with van der Waals surface area (Å²) in [6.45, 7) is 5.61. The summed E-state index contributed by atoms with van der Waals surface area (Å²) in [7, 11) is 2.17. The minimum absolute atomic E-state index is 0.349. The third-order valence-electron chi connectivity index (χ3n) is 3.76. The third kappa shape index (κ3) is 3.02. The Labute approximate surface area is 92.4 Å². The van der Waals surface area contributed by atoms with E-state index in [0.717, 1.165) is 52.0 Å². The Hall–Kier alpha value is -0.410. The molecule has 15 heavy (non-hydrogen) atoms. The van der Waals surface area contributed by atoms with Crippen molar-refractivity contribution in [2.45, 2.75) is 25.7 Å². The molecule has 86 valence electrons. The van der Waals surface area contributed by atoms with Crippen molar-refractivity contribution >= 4 is 5.78 Å². The summed E-state index contributed by atoms with van der Waals surface area (Å²) in [4.78, 5) is 16.5. The molecule has 0 bridgehead atoms. The molecule has 2 aliphatic rings. The summed E-state index contributed by atoms with van der Waals surface area (Å²) >= 11 is 0. The molecule has 1 unspecified atom stereocenters. The molecule has 1 aliphatic heterocycles. The lowest BCUT2D eigenvalue weighted by molar-refractivity contribution is -0.125. The highest BCUT2D eigenvalue weighted by molar-refractivity contribution is 5.81. The largest absolute Gasteiger partial charge is 0.304 e. The SMILES string of the molecule is CN1CCN(CC2CCCCC2=O)CC1. The van der Waals surface area contributed by atoms with Gasteiger partial charge >= 0.3 is 0 Å². The summed E-state index contributed by atoms with van der Waals surface area (Å²) in [5.74, 6) is 0.863. The second-order valence-corrected chi connectivity index (χ2v) is 5.01. The van der Waals surface area contributed by atoms with Gasteiger partial charge in [0, 0.05) is 45.1 Å². The van der Waals surface area contributed by atoms with E-state index in [1.807, 2.05) is 0 Å². The van der Waals surface area contributed by atoms with Crippen molar-refractivity contribution in [3.05, 3.63) is 0 Å². The van der Waals surface area contributed by atoms with Gasteiger partial charge in [-0.15, -0.1) is 0 Å². The van der Waals surface area contributed by atoms with Crippen LogP contribution in [-0.4, -0.2) is 55.4 Å². The van der Waals surface area contributed by atoms with Crippen LogP contribution >= 0.6 is 0 Å². The molecule has 0 aromatic heterocycles. The Kier molecular flexibility index (Phi) is 3.76. The van der Waals surface area contributed by atoms with Gasteiger partial charge in [0.1, 0.15) is 5.78 Å². The lowest BCUT2D eigenvalue weighted by Gasteiger charge is -2.35. The zero-order valence-corrected chi connectivity index (χ0v) is 9.74. The van der Waals surface area contributed by atoms with Crippen LogP contribution in [0.1, 0.15) is 25.7 Å².